The van der Waals surface area contributed by atoms with Crippen LogP contribution < -0.4 is 0 Å². The largest absolute Gasteiger partial charge is 0.478 e. The monoisotopic (exact) mass is 234 g/mol. The third-order valence-corrected chi connectivity index (χ3v) is 2.18. The Morgan fingerprint density at radius 2 is 2.00 bits per heavy atom. The molecule has 5 heteroatoms. The molecule has 0 aliphatic carbocycles. The van der Waals surface area contributed by atoms with Gasteiger partial charge in [0.2, 0.25) is 5.91 Å². The molecule has 0 radical (unpaired) electrons. The highest BCUT2D eigenvalue weighted by atomic mass is 16.4. The average Bonchev–Trinajstić information content (AvgIpc) is 2.34. The van der Waals surface area contributed by atoms with E-state index in [0.29, 0.717) is 13.1 Å². The van der Waals surface area contributed by atoms with E-state index in [0.717, 1.165) is 17.7 Å². The van der Waals surface area contributed by atoms with Gasteiger partial charge < -0.3 is 10.0 Å². The molecule has 0 bridgehead atoms. The Hall–Kier alpha value is -2.17. The fourth-order valence-corrected chi connectivity index (χ4v) is 1.30. The molecular formula is C12H14N2O3. The van der Waals surface area contributed by atoms with Crippen molar-refractivity contribution in [3.63, 3.8) is 0 Å². The summed E-state index contributed by atoms with van der Waals surface area (Å²) in [5.74, 6) is -1.44. The number of likely N-dealkylation sites (N-methyl/N-ethyl adjacent to an activating group) is 1. The molecule has 1 N–H and O–H groups in total. The molecule has 5 nitrogen and oxygen atoms in total. The summed E-state index contributed by atoms with van der Waals surface area (Å²) in [6.07, 6.45) is 5.21. The van der Waals surface area contributed by atoms with Crippen molar-refractivity contribution >= 4 is 11.9 Å². The summed E-state index contributed by atoms with van der Waals surface area (Å²) in [6.45, 7) is 2.81. The maximum atomic E-state index is 11.6. The lowest BCUT2D eigenvalue weighted by atomic mass is 10.2. The Balaban J connectivity index is 2.66. The number of carbonyl (C=O) groups excluding carboxylic acids is 1. The predicted molar refractivity (Wildman–Crippen MR) is 62.1 cm³/mol. The SMILES string of the molecule is CCN(Cc1ccncc1)C(=O)/C=C/C(=O)O. The molecule has 1 aromatic heterocycles. The van der Waals surface area contributed by atoms with Crippen LogP contribution in [0, 0.1) is 0 Å². The molecule has 0 saturated carbocycles. The van der Waals surface area contributed by atoms with Gasteiger partial charge in [0.15, 0.2) is 0 Å². The Kier molecular flexibility index (Phi) is 4.87. The minimum absolute atomic E-state index is 0.313. The first kappa shape index (κ1) is 12.9. The van der Waals surface area contributed by atoms with Crippen molar-refractivity contribution in [1.82, 2.24) is 9.88 Å². The number of amides is 1. The van der Waals surface area contributed by atoms with Crippen LogP contribution in [0.3, 0.4) is 0 Å². The summed E-state index contributed by atoms with van der Waals surface area (Å²) in [5.41, 5.74) is 0.957. The van der Waals surface area contributed by atoms with Crippen LogP contribution in [0.1, 0.15) is 12.5 Å². The molecule has 1 heterocycles. The molecule has 0 aliphatic rings. The smallest absolute Gasteiger partial charge is 0.328 e. The number of nitrogens with zero attached hydrogens (tertiary/aromatic N) is 2. The van der Waals surface area contributed by atoms with Crippen molar-refractivity contribution < 1.29 is 14.7 Å². The van der Waals surface area contributed by atoms with Gasteiger partial charge in [-0.1, -0.05) is 0 Å². The molecule has 17 heavy (non-hydrogen) atoms. The van der Waals surface area contributed by atoms with E-state index in [-0.39, 0.29) is 5.91 Å². The second kappa shape index (κ2) is 6.42. The van der Waals surface area contributed by atoms with E-state index in [4.69, 9.17) is 5.11 Å². The molecule has 0 aromatic carbocycles. The molecule has 1 aromatic rings. The molecule has 1 rings (SSSR count). The van der Waals surface area contributed by atoms with Crippen molar-refractivity contribution in [1.29, 1.82) is 0 Å². The van der Waals surface area contributed by atoms with Crippen LogP contribution in [0.15, 0.2) is 36.7 Å². The van der Waals surface area contributed by atoms with Crippen molar-refractivity contribution in [3.05, 3.63) is 42.2 Å². The fraction of sp³-hybridized carbons (Fsp3) is 0.250. The summed E-state index contributed by atoms with van der Waals surface area (Å²) < 4.78 is 0. The summed E-state index contributed by atoms with van der Waals surface area (Å²) in [5, 5.41) is 8.44. The zero-order valence-electron chi connectivity index (χ0n) is 9.54. The lowest BCUT2D eigenvalue weighted by Gasteiger charge is -2.18. The number of rotatable bonds is 5. The van der Waals surface area contributed by atoms with Gasteiger partial charge in [0.1, 0.15) is 0 Å². The maximum Gasteiger partial charge on any atom is 0.328 e. The average molecular weight is 234 g/mol. The van der Waals surface area contributed by atoms with Crippen molar-refractivity contribution in [2.24, 2.45) is 0 Å². The lowest BCUT2D eigenvalue weighted by molar-refractivity contribution is -0.132. The quantitative estimate of drug-likeness (QED) is 0.774. The van der Waals surface area contributed by atoms with Gasteiger partial charge in [-0.2, -0.15) is 0 Å². The van der Waals surface area contributed by atoms with E-state index < -0.39 is 5.97 Å². The third-order valence-electron chi connectivity index (χ3n) is 2.18. The molecule has 0 fully saturated rings. The summed E-state index contributed by atoms with van der Waals surface area (Å²) in [4.78, 5) is 27.4. The van der Waals surface area contributed by atoms with E-state index >= 15 is 0 Å². The number of aromatic nitrogens is 1. The van der Waals surface area contributed by atoms with Gasteiger partial charge in [0.25, 0.3) is 0 Å². The summed E-state index contributed by atoms with van der Waals surface area (Å²) in [6, 6.07) is 3.63. The molecule has 0 spiro atoms. The van der Waals surface area contributed by atoms with Crippen LogP contribution in [0.25, 0.3) is 0 Å². The minimum Gasteiger partial charge on any atom is -0.478 e. The van der Waals surface area contributed by atoms with Crippen LogP contribution >= 0.6 is 0 Å². The van der Waals surface area contributed by atoms with Crippen LogP contribution in [0.2, 0.25) is 0 Å². The first-order valence-electron chi connectivity index (χ1n) is 5.22. The van der Waals surface area contributed by atoms with Gasteiger partial charge in [-0.3, -0.25) is 9.78 Å². The van der Waals surface area contributed by atoms with Crippen LogP contribution in [0.4, 0.5) is 0 Å². The van der Waals surface area contributed by atoms with E-state index in [9.17, 15) is 9.59 Å². The highest BCUT2D eigenvalue weighted by Crippen LogP contribution is 2.03. The Bertz CT molecular complexity index is 415. The van der Waals surface area contributed by atoms with Gasteiger partial charge in [0.05, 0.1) is 0 Å². The number of aliphatic carboxylic acids is 1. The molecule has 1 amide bonds. The molecular weight excluding hydrogens is 220 g/mol. The number of pyridine rings is 1. The number of carboxylic acid groups (broad SMARTS) is 1. The lowest BCUT2D eigenvalue weighted by Crippen LogP contribution is -2.28. The highest BCUT2D eigenvalue weighted by molar-refractivity contribution is 5.93. The van der Waals surface area contributed by atoms with E-state index in [1.54, 1.807) is 17.3 Å². The zero-order valence-corrected chi connectivity index (χ0v) is 9.54. The topological polar surface area (TPSA) is 70.5 Å². The van der Waals surface area contributed by atoms with E-state index in [2.05, 4.69) is 4.98 Å². The Morgan fingerprint density at radius 3 is 2.53 bits per heavy atom. The summed E-state index contributed by atoms with van der Waals surface area (Å²) in [7, 11) is 0. The second-order valence-electron chi connectivity index (χ2n) is 3.38. The minimum atomic E-state index is -1.13. The molecule has 0 atom stereocenters. The number of carboxylic acids is 1. The first-order valence-corrected chi connectivity index (χ1v) is 5.22. The molecule has 0 unspecified atom stereocenters. The molecule has 90 valence electrons. The fourth-order valence-electron chi connectivity index (χ4n) is 1.30. The second-order valence-corrected chi connectivity index (χ2v) is 3.38. The molecule has 0 aliphatic heterocycles. The third kappa shape index (κ3) is 4.46. The first-order chi connectivity index (χ1) is 8.13. The van der Waals surface area contributed by atoms with Gasteiger partial charge in [-0.05, 0) is 24.6 Å². The van der Waals surface area contributed by atoms with Crippen molar-refractivity contribution in [2.75, 3.05) is 6.54 Å². The Labute approximate surface area is 99.4 Å². The van der Waals surface area contributed by atoms with E-state index in [1.807, 2.05) is 19.1 Å². The van der Waals surface area contributed by atoms with Gasteiger partial charge >= 0.3 is 5.97 Å². The summed E-state index contributed by atoms with van der Waals surface area (Å²) >= 11 is 0. The predicted octanol–water partition coefficient (Wildman–Crippen LogP) is 1.07. The van der Waals surface area contributed by atoms with Crippen LogP contribution in [0.5, 0.6) is 0 Å². The Morgan fingerprint density at radius 1 is 1.35 bits per heavy atom. The normalized spacial score (nSPS) is 10.4. The number of hydrogen-bond donors (Lipinski definition) is 1. The van der Waals surface area contributed by atoms with Gasteiger partial charge in [-0.25, -0.2) is 4.79 Å². The van der Waals surface area contributed by atoms with Crippen molar-refractivity contribution in [3.8, 4) is 0 Å². The van der Waals surface area contributed by atoms with Crippen LogP contribution in [-0.2, 0) is 16.1 Å². The zero-order chi connectivity index (χ0) is 12.7. The van der Waals surface area contributed by atoms with E-state index in [1.165, 1.54) is 0 Å². The highest BCUT2D eigenvalue weighted by Gasteiger charge is 2.09. The van der Waals surface area contributed by atoms with Gasteiger partial charge in [-0.15, -0.1) is 0 Å². The number of hydrogen-bond acceptors (Lipinski definition) is 3. The standard InChI is InChI=1S/C12H14N2O3/c1-2-14(11(15)3-4-12(16)17)9-10-5-7-13-8-6-10/h3-8H,2,9H2,1H3,(H,16,17)/b4-3+. The van der Waals surface area contributed by atoms with Crippen LogP contribution in [-0.4, -0.2) is 33.4 Å². The maximum absolute atomic E-state index is 11.6. The van der Waals surface area contributed by atoms with Gasteiger partial charge in [0, 0.05) is 37.6 Å². The van der Waals surface area contributed by atoms with Crippen molar-refractivity contribution in [2.45, 2.75) is 13.5 Å². The molecule has 0 saturated heterocycles. The number of carbonyl (C=O) groups is 2.